The maximum absolute atomic E-state index is 9.00. The van der Waals surface area contributed by atoms with Gasteiger partial charge in [0, 0.05) is 20.1 Å². The van der Waals surface area contributed by atoms with Gasteiger partial charge in [-0.3, -0.25) is 0 Å². The zero-order chi connectivity index (χ0) is 18.1. The molecule has 0 bridgehead atoms. The van der Waals surface area contributed by atoms with E-state index in [2.05, 4.69) is 28.2 Å². The van der Waals surface area contributed by atoms with E-state index in [9.17, 15) is 0 Å². The highest BCUT2D eigenvalue weighted by Crippen LogP contribution is 2.18. The fourth-order valence-electron chi connectivity index (χ4n) is 2.58. The molecule has 0 fully saturated rings. The van der Waals surface area contributed by atoms with E-state index in [1.807, 2.05) is 24.3 Å². The molecule has 1 aromatic carbocycles. The monoisotopic (exact) mass is 343 g/mol. The van der Waals surface area contributed by atoms with Gasteiger partial charge in [0.1, 0.15) is 11.6 Å². The van der Waals surface area contributed by atoms with Crippen molar-refractivity contribution < 1.29 is 14.7 Å². The first kappa shape index (κ1) is 18.7. The first-order valence-corrected chi connectivity index (χ1v) is 8.33. The molecule has 0 amide bonds. The lowest BCUT2D eigenvalue weighted by Gasteiger charge is -2.11. The van der Waals surface area contributed by atoms with Crippen molar-refractivity contribution in [3.8, 4) is 5.75 Å². The van der Waals surface area contributed by atoms with Crippen LogP contribution >= 0.6 is 0 Å². The van der Waals surface area contributed by atoms with E-state index in [1.54, 1.807) is 13.2 Å². The number of aryl methyl sites for hydroxylation is 1. The number of benzene rings is 1. The number of oxime groups is 1. The lowest BCUT2D eigenvalue weighted by atomic mass is 10.2. The van der Waals surface area contributed by atoms with Crippen LogP contribution in [0.25, 0.3) is 6.08 Å². The summed E-state index contributed by atoms with van der Waals surface area (Å²) in [5, 5.41) is 12.2. The van der Waals surface area contributed by atoms with E-state index in [1.165, 1.54) is 6.21 Å². The lowest BCUT2D eigenvalue weighted by Crippen LogP contribution is -2.09. The summed E-state index contributed by atoms with van der Waals surface area (Å²) in [6.45, 7) is 6.81. The molecule has 0 radical (unpaired) electrons. The van der Waals surface area contributed by atoms with Crippen molar-refractivity contribution >= 4 is 12.3 Å². The van der Waals surface area contributed by atoms with Gasteiger partial charge < -0.3 is 19.2 Å². The normalized spacial score (nSPS) is 11.1. The molecule has 0 aliphatic rings. The Morgan fingerprint density at radius 1 is 1.32 bits per heavy atom. The Morgan fingerprint density at radius 2 is 2.08 bits per heavy atom. The van der Waals surface area contributed by atoms with Gasteiger partial charge in [-0.05, 0) is 30.2 Å². The predicted octanol–water partition coefficient (Wildman–Crippen LogP) is 3.71. The highest BCUT2D eigenvalue weighted by molar-refractivity contribution is 5.82. The van der Waals surface area contributed by atoms with E-state index in [0.29, 0.717) is 6.54 Å². The number of unbranched alkanes of at least 4 members (excludes halogenated alkanes) is 1. The molecule has 1 heterocycles. The van der Waals surface area contributed by atoms with Crippen molar-refractivity contribution in [1.82, 2.24) is 9.55 Å². The van der Waals surface area contributed by atoms with Crippen LogP contribution in [0.3, 0.4) is 0 Å². The molecule has 1 aromatic heterocycles. The summed E-state index contributed by atoms with van der Waals surface area (Å²) in [5.74, 6) is 1.72. The Hall–Kier alpha value is -2.60. The average molecular weight is 343 g/mol. The summed E-state index contributed by atoms with van der Waals surface area (Å²) >= 11 is 0. The molecule has 0 atom stereocenters. The quantitative estimate of drug-likeness (QED) is 0.309. The van der Waals surface area contributed by atoms with Crippen LogP contribution in [0.1, 0.15) is 42.5 Å². The molecule has 0 aliphatic heterocycles. The molecule has 0 unspecified atom stereocenters. The van der Waals surface area contributed by atoms with Gasteiger partial charge in [0.05, 0.1) is 17.6 Å². The Labute approximate surface area is 148 Å². The van der Waals surface area contributed by atoms with E-state index in [4.69, 9.17) is 14.7 Å². The van der Waals surface area contributed by atoms with Gasteiger partial charge in [-0.15, -0.1) is 0 Å². The summed E-state index contributed by atoms with van der Waals surface area (Å²) in [6.07, 6.45) is 6.10. The van der Waals surface area contributed by atoms with Crippen molar-refractivity contribution in [2.24, 2.45) is 5.16 Å². The minimum absolute atomic E-state index is 0.224. The number of methoxy groups -OCH3 is 1. The lowest BCUT2D eigenvalue weighted by molar-refractivity contribution is 0.0511. The number of imidazole rings is 1. The first-order valence-electron chi connectivity index (χ1n) is 8.33. The van der Waals surface area contributed by atoms with Gasteiger partial charge in [0.25, 0.3) is 0 Å². The van der Waals surface area contributed by atoms with E-state index < -0.39 is 0 Å². The second kappa shape index (κ2) is 9.64. The molecule has 2 aromatic rings. The van der Waals surface area contributed by atoms with Gasteiger partial charge in [-0.1, -0.05) is 37.2 Å². The molecule has 25 heavy (non-hydrogen) atoms. The largest absolute Gasteiger partial charge is 0.468 e. The smallest absolute Gasteiger partial charge is 0.188 e. The first-order chi connectivity index (χ1) is 12.2. The van der Waals surface area contributed by atoms with Crippen LogP contribution in [0.15, 0.2) is 36.0 Å². The molecule has 134 valence electrons. The molecule has 0 saturated carbocycles. The minimum atomic E-state index is 0.224. The molecule has 0 spiro atoms. The molecule has 2 rings (SSSR count). The second-order valence-corrected chi connectivity index (χ2v) is 5.63. The molecule has 6 nitrogen and oxygen atoms in total. The van der Waals surface area contributed by atoms with Crippen LogP contribution < -0.4 is 4.74 Å². The van der Waals surface area contributed by atoms with Crippen molar-refractivity contribution in [2.45, 2.75) is 32.7 Å². The third-order valence-corrected chi connectivity index (χ3v) is 3.85. The Balaban J connectivity index is 2.29. The Bertz CT molecular complexity index is 705. The minimum Gasteiger partial charge on any atom is -0.468 e. The zero-order valence-corrected chi connectivity index (χ0v) is 14.8. The summed E-state index contributed by atoms with van der Waals surface area (Å²) in [7, 11) is 1.59. The SMILES string of the molecule is C=Cc1nc(CCCC)n(Cc2ccc(OCOC)cc2)c1/C=N/O. The summed E-state index contributed by atoms with van der Waals surface area (Å²) in [5.41, 5.74) is 2.58. The van der Waals surface area contributed by atoms with E-state index >= 15 is 0 Å². The van der Waals surface area contributed by atoms with Crippen molar-refractivity contribution in [2.75, 3.05) is 13.9 Å². The van der Waals surface area contributed by atoms with Crippen molar-refractivity contribution in [3.63, 3.8) is 0 Å². The van der Waals surface area contributed by atoms with Crippen LogP contribution in [0, 0.1) is 0 Å². The Kier molecular flexibility index (Phi) is 7.22. The highest BCUT2D eigenvalue weighted by atomic mass is 16.7. The third-order valence-electron chi connectivity index (χ3n) is 3.85. The van der Waals surface area contributed by atoms with Crippen LogP contribution in [-0.2, 0) is 17.7 Å². The summed E-state index contributed by atoms with van der Waals surface area (Å²) in [6, 6.07) is 7.82. The topological polar surface area (TPSA) is 68.9 Å². The standard InChI is InChI=1S/C19H25N3O3/c1-4-6-7-19-21-17(5-2)18(12-20-23)22(19)13-15-8-10-16(11-9-15)25-14-24-3/h5,8-12,23H,2,4,6-7,13-14H2,1,3H3/b20-12+. The number of aromatic nitrogens is 2. The van der Waals surface area contributed by atoms with Gasteiger partial charge in [0.15, 0.2) is 6.79 Å². The number of hydrogen-bond acceptors (Lipinski definition) is 5. The predicted molar refractivity (Wildman–Crippen MR) is 98.4 cm³/mol. The fourth-order valence-corrected chi connectivity index (χ4v) is 2.58. The van der Waals surface area contributed by atoms with Gasteiger partial charge in [0.2, 0.25) is 0 Å². The summed E-state index contributed by atoms with van der Waals surface area (Å²) < 4.78 is 12.4. The maximum Gasteiger partial charge on any atom is 0.188 e. The molecule has 1 N–H and O–H groups in total. The third kappa shape index (κ3) is 4.93. The van der Waals surface area contributed by atoms with E-state index in [0.717, 1.165) is 47.8 Å². The molecular weight excluding hydrogens is 318 g/mol. The second-order valence-electron chi connectivity index (χ2n) is 5.63. The number of rotatable bonds is 10. The van der Waals surface area contributed by atoms with Crippen molar-refractivity contribution in [3.05, 3.63) is 53.6 Å². The summed E-state index contributed by atoms with van der Waals surface area (Å²) in [4.78, 5) is 4.64. The molecule has 6 heteroatoms. The molecule has 0 saturated heterocycles. The number of hydrogen-bond donors (Lipinski definition) is 1. The van der Waals surface area contributed by atoms with Gasteiger partial charge >= 0.3 is 0 Å². The number of ether oxygens (including phenoxy) is 2. The van der Waals surface area contributed by atoms with Gasteiger partial charge in [-0.25, -0.2) is 4.98 Å². The van der Waals surface area contributed by atoms with Crippen LogP contribution in [0.5, 0.6) is 5.75 Å². The zero-order valence-electron chi connectivity index (χ0n) is 14.8. The maximum atomic E-state index is 9.00. The molecule has 0 aliphatic carbocycles. The van der Waals surface area contributed by atoms with Gasteiger partial charge in [-0.2, -0.15) is 0 Å². The van der Waals surface area contributed by atoms with Crippen LogP contribution in [0.2, 0.25) is 0 Å². The van der Waals surface area contributed by atoms with Crippen molar-refractivity contribution in [1.29, 1.82) is 0 Å². The van der Waals surface area contributed by atoms with Crippen LogP contribution in [0.4, 0.5) is 0 Å². The average Bonchev–Trinajstić information content (AvgIpc) is 2.96. The number of nitrogens with zero attached hydrogens (tertiary/aromatic N) is 3. The van der Waals surface area contributed by atoms with Crippen LogP contribution in [-0.4, -0.2) is 34.9 Å². The molecular formula is C19H25N3O3. The highest BCUT2D eigenvalue weighted by Gasteiger charge is 2.14. The Morgan fingerprint density at radius 3 is 2.68 bits per heavy atom. The fraction of sp³-hybridized carbons (Fsp3) is 0.368. The van der Waals surface area contributed by atoms with E-state index in [-0.39, 0.29) is 6.79 Å².